The smallest absolute Gasteiger partial charge is 0.341 e. The number of ether oxygens (including phenoxy) is 1. The van der Waals surface area contributed by atoms with Crippen molar-refractivity contribution in [1.82, 2.24) is 10.2 Å². The number of hydrogen-bond acceptors (Lipinski definition) is 6. The highest BCUT2D eigenvalue weighted by Gasteiger charge is 2.55. The van der Waals surface area contributed by atoms with E-state index in [2.05, 4.69) is 10.6 Å². The zero-order valence-corrected chi connectivity index (χ0v) is 17.8. The van der Waals surface area contributed by atoms with Gasteiger partial charge in [0.1, 0.15) is 17.1 Å². The molecule has 0 radical (unpaired) electrons. The summed E-state index contributed by atoms with van der Waals surface area (Å²) in [5, 5.41) is 5.89. The van der Waals surface area contributed by atoms with E-state index < -0.39 is 23.4 Å². The van der Waals surface area contributed by atoms with Gasteiger partial charge in [-0.3, -0.25) is 14.5 Å². The van der Waals surface area contributed by atoms with Crippen LogP contribution < -0.4 is 10.6 Å². The minimum atomic E-state index is -0.899. The average Bonchev–Trinajstić information content (AvgIpc) is 3.19. The SMILES string of the molecule is CCOC(=O)c1cc(CC)sc1NC(=O)CN1C(=O)N[C@]2(CCCC[C@@H]2C)C1=O. The summed E-state index contributed by atoms with van der Waals surface area (Å²) in [6, 6.07) is 1.16. The molecule has 3 rings (SSSR count). The number of urea groups is 1. The molecule has 8 nitrogen and oxygen atoms in total. The van der Waals surface area contributed by atoms with E-state index in [0.29, 0.717) is 17.8 Å². The summed E-state index contributed by atoms with van der Waals surface area (Å²) >= 11 is 1.29. The van der Waals surface area contributed by atoms with Crippen LogP contribution in [0.3, 0.4) is 0 Å². The Kier molecular flexibility index (Phi) is 6.26. The number of esters is 1. The van der Waals surface area contributed by atoms with Crippen molar-refractivity contribution < 1.29 is 23.9 Å². The van der Waals surface area contributed by atoms with Gasteiger partial charge in [-0.2, -0.15) is 0 Å². The summed E-state index contributed by atoms with van der Waals surface area (Å²) in [6.45, 7) is 5.46. The first-order valence-electron chi connectivity index (χ1n) is 10.1. The molecule has 9 heteroatoms. The zero-order chi connectivity index (χ0) is 21.2. The normalized spacial score (nSPS) is 24.0. The maximum atomic E-state index is 13.0. The van der Waals surface area contributed by atoms with Crippen LogP contribution in [-0.2, 0) is 20.7 Å². The molecule has 158 valence electrons. The quantitative estimate of drug-likeness (QED) is 0.543. The van der Waals surface area contributed by atoms with E-state index in [1.807, 2.05) is 13.8 Å². The van der Waals surface area contributed by atoms with Gasteiger partial charge < -0.3 is 15.4 Å². The highest BCUT2D eigenvalue weighted by molar-refractivity contribution is 7.16. The second-order valence-electron chi connectivity index (χ2n) is 7.52. The van der Waals surface area contributed by atoms with Gasteiger partial charge in [-0.15, -0.1) is 11.3 Å². The van der Waals surface area contributed by atoms with Gasteiger partial charge in [-0.25, -0.2) is 9.59 Å². The summed E-state index contributed by atoms with van der Waals surface area (Å²) in [4.78, 5) is 52.1. The number of nitrogens with zero attached hydrogens (tertiary/aromatic N) is 1. The number of thiophene rings is 1. The maximum absolute atomic E-state index is 13.0. The molecule has 1 spiro atoms. The Balaban J connectivity index is 1.73. The number of aryl methyl sites for hydroxylation is 1. The molecule has 2 N–H and O–H groups in total. The minimum absolute atomic E-state index is 0.0283. The lowest BCUT2D eigenvalue weighted by Crippen LogP contribution is -2.54. The van der Waals surface area contributed by atoms with Crippen LogP contribution in [0.4, 0.5) is 9.80 Å². The molecule has 2 atom stereocenters. The molecule has 2 fully saturated rings. The van der Waals surface area contributed by atoms with Crippen molar-refractivity contribution in [3.63, 3.8) is 0 Å². The first kappa shape index (κ1) is 21.3. The van der Waals surface area contributed by atoms with Crippen molar-refractivity contribution in [2.24, 2.45) is 5.92 Å². The van der Waals surface area contributed by atoms with E-state index in [-0.39, 0.29) is 30.5 Å². The Labute approximate surface area is 174 Å². The standard InChI is InChI=1S/C20H27N3O5S/c1-4-13-10-14(17(25)28-5-2)16(29-13)21-15(24)11-23-18(26)20(22-19(23)27)9-7-6-8-12(20)3/h10,12H,4-9,11H2,1-3H3,(H,21,24)(H,22,27)/t12-,20-/m0/s1. The Morgan fingerprint density at radius 2 is 2.10 bits per heavy atom. The first-order valence-corrected chi connectivity index (χ1v) is 10.9. The molecule has 0 unspecified atom stereocenters. The first-order chi connectivity index (χ1) is 13.8. The number of imide groups is 1. The fourth-order valence-corrected chi connectivity index (χ4v) is 5.02. The van der Waals surface area contributed by atoms with Crippen molar-refractivity contribution in [2.45, 2.75) is 58.4 Å². The second-order valence-corrected chi connectivity index (χ2v) is 8.65. The van der Waals surface area contributed by atoms with Crippen molar-refractivity contribution >= 4 is 40.2 Å². The van der Waals surface area contributed by atoms with E-state index >= 15 is 0 Å². The Morgan fingerprint density at radius 3 is 2.76 bits per heavy atom. The van der Waals surface area contributed by atoms with E-state index in [9.17, 15) is 19.2 Å². The highest BCUT2D eigenvalue weighted by Crippen LogP contribution is 2.38. The van der Waals surface area contributed by atoms with Gasteiger partial charge in [0.05, 0.1) is 12.2 Å². The van der Waals surface area contributed by atoms with Crippen LogP contribution in [0.1, 0.15) is 61.7 Å². The molecule has 2 heterocycles. The molecule has 1 saturated heterocycles. The molecule has 2 aliphatic rings. The van der Waals surface area contributed by atoms with Gasteiger partial charge in [0, 0.05) is 4.88 Å². The predicted molar refractivity (Wildman–Crippen MR) is 109 cm³/mol. The molecule has 1 aromatic rings. The average molecular weight is 422 g/mol. The van der Waals surface area contributed by atoms with Gasteiger partial charge in [0.15, 0.2) is 0 Å². The Bertz CT molecular complexity index is 836. The summed E-state index contributed by atoms with van der Waals surface area (Å²) < 4.78 is 5.05. The van der Waals surface area contributed by atoms with Crippen LogP contribution in [0, 0.1) is 5.92 Å². The summed E-state index contributed by atoms with van der Waals surface area (Å²) in [5.41, 5.74) is -0.610. The number of carbonyl (C=O) groups is 4. The number of anilines is 1. The molecule has 1 saturated carbocycles. The molecule has 29 heavy (non-hydrogen) atoms. The summed E-state index contributed by atoms with van der Waals surface area (Å²) in [6.07, 6.45) is 4.06. The third-order valence-corrected chi connectivity index (χ3v) is 6.88. The molecule has 1 aliphatic heterocycles. The third-order valence-electron chi connectivity index (χ3n) is 5.68. The molecule has 4 amide bonds. The Morgan fingerprint density at radius 1 is 1.34 bits per heavy atom. The number of rotatable bonds is 6. The van der Waals surface area contributed by atoms with Crippen LogP contribution in [0.15, 0.2) is 6.07 Å². The number of hydrogen-bond donors (Lipinski definition) is 2. The number of nitrogens with one attached hydrogen (secondary N) is 2. The molecule has 0 aromatic carbocycles. The van der Waals surface area contributed by atoms with Crippen LogP contribution in [-0.4, -0.2) is 47.4 Å². The van der Waals surface area contributed by atoms with Crippen LogP contribution in [0.2, 0.25) is 0 Å². The largest absolute Gasteiger partial charge is 0.462 e. The number of amides is 4. The highest BCUT2D eigenvalue weighted by atomic mass is 32.1. The van der Waals surface area contributed by atoms with Crippen molar-refractivity contribution in [3.8, 4) is 0 Å². The predicted octanol–water partition coefficient (Wildman–Crippen LogP) is 2.93. The van der Waals surface area contributed by atoms with Crippen molar-refractivity contribution in [1.29, 1.82) is 0 Å². The molecule has 1 aromatic heterocycles. The fraction of sp³-hybridized carbons (Fsp3) is 0.600. The third kappa shape index (κ3) is 4.01. The maximum Gasteiger partial charge on any atom is 0.341 e. The fourth-order valence-electron chi connectivity index (χ4n) is 4.02. The van der Waals surface area contributed by atoms with E-state index in [4.69, 9.17) is 4.74 Å². The molecule has 1 aliphatic carbocycles. The minimum Gasteiger partial charge on any atom is -0.462 e. The van der Waals surface area contributed by atoms with Crippen LogP contribution in [0.5, 0.6) is 0 Å². The van der Waals surface area contributed by atoms with Gasteiger partial charge in [-0.05, 0) is 38.2 Å². The second kappa shape index (κ2) is 8.52. The Hall–Kier alpha value is -2.42. The number of carbonyl (C=O) groups excluding carboxylic acids is 4. The lowest BCUT2D eigenvalue weighted by molar-refractivity contribution is -0.136. The molecular formula is C20H27N3O5S. The summed E-state index contributed by atoms with van der Waals surface area (Å²) in [7, 11) is 0. The van der Waals surface area contributed by atoms with E-state index in [0.717, 1.165) is 29.0 Å². The van der Waals surface area contributed by atoms with Gasteiger partial charge >= 0.3 is 12.0 Å². The van der Waals surface area contributed by atoms with Crippen molar-refractivity contribution in [3.05, 3.63) is 16.5 Å². The van der Waals surface area contributed by atoms with Crippen molar-refractivity contribution in [2.75, 3.05) is 18.5 Å². The summed E-state index contributed by atoms with van der Waals surface area (Å²) in [5.74, 6) is -1.34. The van der Waals surface area contributed by atoms with E-state index in [1.54, 1.807) is 13.0 Å². The van der Waals surface area contributed by atoms with Gasteiger partial charge in [0.2, 0.25) is 5.91 Å². The zero-order valence-electron chi connectivity index (χ0n) is 17.0. The lowest BCUT2D eigenvalue weighted by Gasteiger charge is -2.36. The molecule has 0 bridgehead atoms. The van der Waals surface area contributed by atoms with E-state index in [1.165, 1.54) is 11.3 Å². The lowest BCUT2D eigenvalue weighted by atomic mass is 9.73. The van der Waals surface area contributed by atoms with Crippen LogP contribution in [0.25, 0.3) is 0 Å². The topological polar surface area (TPSA) is 105 Å². The molecular weight excluding hydrogens is 394 g/mol. The monoisotopic (exact) mass is 421 g/mol. The van der Waals surface area contributed by atoms with Crippen LogP contribution >= 0.6 is 11.3 Å². The van der Waals surface area contributed by atoms with Gasteiger partial charge in [0.25, 0.3) is 5.91 Å². The van der Waals surface area contributed by atoms with Gasteiger partial charge in [-0.1, -0.05) is 26.7 Å².